The van der Waals surface area contributed by atoms with Gasteiger partial charge >= 0.3 is 5.69 Å². The maximum absolute atomic E-state index is 11.8. The Bertz CT molecular complexity index is 922. The minimum absolute atomic E-state index is 0.0456. The monoisotopic (exact) mass is 370 g/mol. The Balaban J connectivity index is 2.09. The number of anilines is 4. The largest absolute Gasteiger partial charge is 0.354 e. The van der Waals surface area contributed by atoms with Gasteiger partial charge in [-0.15, -0.1) is 0 Å². The number of hydrogen-bond donors (Lipinski definition) is 1. The van der Waals surface area contributed by atoms with Crippen molar-refractivity contribution in [3.05, 3.63) is 70.3 Å². The molecule has 0 spiro atoms. The van der Waals surface area contributed by atoms with Crippen LogP contribution in [0, 0.1) is 10.1 Å². The highest BCUT2D eigenvalue weighted by Gasteiger charge is 2.27. The Morgan fingerprint density at radius 2 is 1.92 bits per heavy atom. The zero-order chi connectivity index (χ0) is 18.5. The second kappa shape index (κ2) is 7.75. The first-order valence-corrected chi connectivity index (χ1v) is 8.19. The number of pyridine rings is 1. The fraction of sp³-hybridized carbons (Fsp3) is 0.118. The molecule has 2 aromatic heterocycles. The van der Waals surface area contributed by atoms with Gasteiger partial charge in [0.1, 0.15) is 6.33 Å². The van der Waals surface area contributed by atoms with Crippen LogP contribution in [0.25, 0.3) is 0 Å². The third-order valence-corrected chi connectivity index (χ3v) is 3.94. The molecular weight excluding hydrogens is 356 g/mol. The Hall–Kier alpha value is -3.26. The molecule has 0 fully saturated rings. The average Bonchev–Trinajstić information content (AvgIpc) is 2.65. The maximum Gasteiger partial charge on any atom is 0.354 e. The lowest BCUT2D eigenvalue weighted by atomic mass is 10.2. The normalized spacial score (nSPS) is 10.4. The summed E-state index contributed by atoms with van der Waals surface area (Å²) in [6.45, 7) is 2.39. The lowest BCUT2D eigenvalue weighted by Gasteiger charge is -2.22. The minimum atomic E-state index is -0.506. The van der Waals surface area contributed by atoms with E-state index in [9.17, 15) is 10.1 Å². The Morgan fingerprint density at radius 3 is 2.58 bits per heavy atom. The number of nitrogens with one attached hydrogen (secondary N) is 1. The summed E-state index contributed by atoms with van der Waals surface area (Å²) in [7, 11) is 0. The van der Waals surface area contributed by atoms with Crippen LogP contribution in [0.3, 0.4) is 0 Å². The molecule has 0 aliphatic rings. The molecule has 0 unspecified atom stereocenters. The van der Waals surface area contributed by atoms with Crippen LogP contribution in [0.4, 0.5) is 28.7 Å². The van der Waals surface area contributed by atoms with E-state index in [2.05, 4.69) is 20.3 Å². The summed E-state index contributed by atoms with van der Waals surface area (Å²) in [5, 5.41) is 14.9. The molecule has 0 amide bonds. The first kappa shape index (κ1) is 17.6. The Kier molecular flexibility index (Phi) is 5.23. The number of halogens is 1. The number of rotatable bonds is 6. The number of nitro groups is 1. The van der Waals surface area contributed by atoms with Crippen LogP contribution in [-0.4, -0.2) is 26.4 Å². The van der Waals surface area contributed by atoms with Crippen LogP contribution in [0.5, 0.6) is 0 Å². The lowest BCUT2D eigenvalue weighted by molar-refractivity contribution is -0.383. The van der Waals surface area contributed by atoms with Gasteiger partial charge in [-0.05, 0) is 31.2 Å². The molecule has 1 aromatic carbocycles. The van der Waals surface area contributed by atoms with Gasteiger partial charge in [-0.2, -0.15) is 0 Å². The second-order valence-electron chi connectivity index (χ2n) is 5.20. The van der Waals surface area contributed by atoms with Gasteiger partial charge in [0.15, 0.2) is 5.15 Å². The third kappa shape index (κ3) is 3.55. The van der Waals surface area contributed by atoms with Gasteiger partial charge in [-0.3, -0.25) is 10.1 Å². The van der Waals surface area contributed by atoms with Crippen molar-refractivity contribution in [1.82, 2.24) is 15.0 Å². The maximum atomic E-state index is 11.8. The van der Waals surface area contributed by atoms with Gasteiger partial charge in [0.2, 0.25) is 11.6 Å². The predicted octanol–water partition coefficient (Wildman–Crippen LogP) is 4.33. The lowest BCUT2D eigenvalue weighted by Crippen LogP contribution is -2.19. The van der Waals surface area contributed by atoms with E-state index in [1.165, 1.54) is 12.5 Å². The summed E-state index contributed by atoms with van der Waals surface area (Å²) in [6, 6.07) is 12.7. The molecule has 132 valence electrons. The van der Waals surface area contributed by atoms with Gasteiger partial charge < -0.3 is 10.2 Å². The predicted molar refractivity (Wildman–Crippen MR) is 100 cm³/mol. The van der Waals surface area contributed by atoms with Crippen LogP contribution >= 0.6 is 11.6 Å². The highest BCUT2D eigenvalue weighted by molar-refractivity contribution is 6.32. The Labute approximate surface area is 154 Å². The molecule has 0 aliphatic carbocycles. The van der Waals surface area contributed by atoms with E-state index in [0.717, 1.165) is 5.69 Å². The van der Waals surface area contributed by atoms with E-state index in [0.29, 0.717) is 12.2 Å². The van der Waals surface area contributed by atoms with Crippen molar-refractivity contribution in [1.29, 1.82) is 0 Å². The summed E-state index contributed by atoms with van der Waals surface area (Å²) in [6.07, 6.45) is 2.81. The van der Waals surface area contributed by atoms with E-state index >= 15 is 0 Å². The summed E-state index contributed by atoms with van der Waals surface area (Å²) < 4.78 is 0. The van der Waals surface area contributed by atoms with Gasteiger partial charge in [0.25, 0.3) is 0 Å². The first-order valence-electron chi connectivity index (χ1n) is 7.81. The van der Waals surface area contributed by atoms with E-state index in [-0.39, 0.29) is 22.5 Å². The van der Waals surface area contributed by atoms with Gasteiger partial charge in [0, 0.05) is 18.4 Å². The zero-order valence-electron chi connectivity index (χ0n) is 13.8. The standard InChI is InChI=1S/C17H15ClN6O2/c1-2-23(12-7-4-3-5-8-12)17-14(24(25)26)16(20-11-21-17)22-13-9-6-10-19-15(13)18/h3-11H,2H2,1H3,(H,20,21,22). The smallest absolute Gasteiger partial charge is 0.332 e. The van der Waals surface area contributed by atoms with Crippen LogP contribution in [0.15, 0.2) is 55.0 Å². The van der Waals surface area contributed by atoms with E-state index in [1.807, 2.05) is 37.3 Å². The average molecular weight is 371 g/mol. The molecule has 0 radical (unpaired) electrons. The van der Waals surface area contributed by atoms with Crippen molar-refractivity contribution in [2.45, 2.75) is 6.92 Å². The summed E-state index contributed by atoms with van der Waals surface area (Å²) in [4.78, 5) is 25.2. The molecule has 3 rings (SSSR count). The number of hydrogen-bond acceptors (Lipinski definition) is 7. The van der Waals surface area contributed by atoms with Crippen LogP contribution in [-0.2, 0) is 0 Å². The summed E-state index contributed by atoms with van der Waals surface area (Å²) >= 11 is 6.03. The van der Waals surface area contributed by atoms with Crippen LogP contribution in [0.2, 0.25) is 5.15 Å². The fourth-order valence-corrected chi connectivity index (χ4v) is 2.66. The molecule has 9 heteroatoms. The number of aromatic nitrogens is 3. The molecule has 0 atom stereocenters. The van der Waals surface area contributed by atoms with Crippen molar-refractivity contribution in [2.24, 2.45) is 0 Å². The fourth-order valence-electron chi connectivity index (χ4n) is 2.50. The molecule has 0 aliphatic heterocycles. The second-order valence-corrected chi connectivity index (χ2v) is 5.56. The van der Waals surface area contributed by atoms with Gasteiger partial charge in [-0.1, -0.05) is 29.8 Å². The number of nitrogens with zero attached hydrogens (tertiary/aromatic N) is 5. The van der Waals surface area contributed by atoms with Crippen molar-refractivity contribution >= 4 is 40.3 Å². The van der Waals surface area contributed by atoms with Crippen LogP contribution in [0.1, 0.15) is 6.92 Å². The molecule has 26 heavy (non-hydrogen) atoms. The van der Waals surface area contributed by atoms with Crippen molar-refractivity contribution in [2.75, 3.05) is 16.8 Å². The van der Waals surface area contributed by atoms with Gasteiger partial charge in [-0.25, -0.2) is 15.0 Å². The zero-order valence-corrected chi connectivity index (χ0v) is 14.6. The minimum Gasteiger partial charge on any atom is -0.332 e. The highest BCUT2D eigenvalue weighted by atomic mass is 35.5. The summed E-state index contributed by atoms with van der Waals surface area (Å²) in [5.74, 6) is 0.241. The van der Waals surface area contributed by atoms with Crippen molar-refractivity contribution < 1.29 is 4.92 Å². The van der Waals surface area contributed by atoms with E-state index in [4.69, 9.17) is 11.6 Å². The van der Waals surface area contributed by atoms with E-state index < -0.39 is 4.92 Å². The van der Waals surface area contributed by atoms with Gasteiger partial charge in [0.05, 0.1) is 10.6 Å². The molecule has 2 heterocycles. The highest BCUT2D eigenvalue weighted by Crippen LogP contribution is 2.37. The van der Waals surface area contributed by atoms with E-state index in [1.54, 1.807) is 17.0 Å². The van der Waals surface area contributed by atoms with Crippen LogP contribution < -0.4 is 10.2 Å². The quantitative estimate of drug-likeness (QED) is 0.391. The third-order valence-electron chi connectivity index (χ3n) is 3.64. The molecule has 8 nitrogen and oxygen atoms in total. The molecule has 0 bridgehead atoms. The Morgan fingerprint density at radius 1 is 1.15 bits per heavy atom. The molecule has 0 saturated heterocycles. The molecule has 1 N–H and O–H groups in total. The molecular formula is C17H15ClN6O2. The van der Waals surface area contributed by atoms with Crippen molar-refractivity contribution in [3.8, 4) is 0 Å². The summed E-state index contributed by atoms with van der Waals surface area (Å²) in [5.41, 5.74) is 0.977. The molecule has 0 saturated carbocycles. The topological polar surface area (TPSA) is 97.1 Å². The molecule has 3 aromatic rings. The van der Waals surface area contributed by atoms with Crippen molar-refractivity contribution in [3.63, 3.8) is 0 Å². The SMILES string of the molecule is CCN(c1ccccc1)c1ncnc(Nc2cccnc2Cl)c1[N+](=O)[O-]. The number of para-hydroxylation sites is 1. The first-order chi connectivity index (χ1) is 12.6. The number of benzene rings is 1.